The van der Waals surface area contributed by atoms with E-state index in [1.165, 1.54) is 12.1 Å². The van der Waals surface area contributed by atoms with Gasteiger partial charge < -0.3 is 14.6 Å². The van der Waals surface area contributed by atoms with Crippen molar-refractivity contribution >= 4 is 21.9 Å². The lowest BCUT2D eigenvalue weighted by Gasteiger charge is -2.07. The average molecular weight is 306 g/mol. The van der Waals surface area contributed by atoms with E-state index in [0.717, 1.165) is 15.8 Å². The Hall–Kier alpha value is -1.81. The van der Waals surface area contributed by atoms with Crippen molar-refractivity contribution in [1.82, 2.24) is 0 Å². The van der Waals surface area contributed by atoms with Gasteiger partial charge in [-0.3, -0.25) is 0 Å². The molecular weight excluding hydrogens is 296 g/mol. The van der Waals surface area contributed by atoms with Crippen molar-refractivity contribution in [2.45, 2.75) is 6.61 Å². The van der Waals surface area contributed by atoms with E-state index in [0.29, 0.717) is 6.61 Å². The maximum Gasteiger partial charge on any atom is 0.119 e. The predicted molar refractivity (Wildman–Crippen MR) is 69.2 cm³/mol. The first-order valence-corrected chi connectivity index (χ1v) is 6.13. The summed E-state index contributed by atoms with van der Waals surface area (Å²) in [6.45, 7) is 0.398. The average Bonchev–Trinajstić information content (AvgIpc) is 2.38. The van der Waals surface area contributed by atoms with Gasteiger partial charge in [0.05, 0.1) is 5.97 Å². The minimum Gasteiger partial charge on any atom is -0.545 e. The third-order valence-electron chi connectivity index (χ3n) is 2.41. The second kappa shape index (κ2) is 5.69. The van der Waals surface area contributed by atoms with Crippen LogP contribution in [0, 0.1) is 0 Å². The highest BCUT2D eigenvalue weighted by atomic mass is 79.9. The highest BCUT2D eigenvalue weighted by Crippen LogP contribution is 2.17. The molecule has 0 unspecified atom stereocenters. The van der Waals surface area contributed by atoms with Crippen LogP contribution in [0.15, 0.2) is 53.0 Å². The SMILES string of the molecule is O=C([O-])c1ccc(COc2ccc(Br)cc2)cc1. The quantitative estimate of drug-likeness (QED) is 0.871. The lowest BCUT2D eigenvalue weighted by atomic mass is 10.1. The van der Waals surface area contributed by atoms with Crippen LogP contribution in [0.2, 0.25) is 0 Å². The minimum absolute atomic E-state index is 0.169. The second-order valence-corrected chi connectivity index (χ2v) is 4.64. The van der Waals surface area contributed by atoms with Crippen LogP contribution in [0.3, 0.4) is 0 Å². The van der Waals surface area contributed by atoms with Gasteiger partial charge in [-0.1, -0.05) is 40.2 Å². The maximum atomic E-state index is 10.6. The van der Waals surface area contributed by atoms with Crippen LogP contribution in [-0.2, 0) is 6.61 Å². The summed E-state index contributed by atoms with van der Waals surface area (Å²) < 4.78 is 6.56. The number of carbonyl (C=O) groups is 1. The van der Waals surface area contributed by atoms with Gasteiger partial charge in [0, 0.05) is 4.47 Å². The molecule has 0 spiro atoms. The molecule has 18 heavy (non-hydrogen) atoms. The number of ether oxygens (including phenoxy) is 1. The highest BCUT2D eigenvalue weighted by Gasteiger charge is 1.97. The lowest BCUT2D eigenvalue weighted by molar-refractivity contribution is -0.255. The molecule has 0 fully saturated rings. The number of rotatable bonds is 4. The monoisotopic (exact) mass is 305 g/mol. The summed E-state index contributed by atoms with van der Waals surface area (Å²) in [5.41, 5.74) is 1.07. The summed E-state index contributed by atoms with van der Waals surface area (Å²) in [4.78, 5) is 10.6. The van der Waals surface area contributed by atoms with Crippen LogP contribution in [0.5, 0.6) is 5.75 Å². The number of hydrogen-bond donors (Lipinski definition) is 0. The van der Waals surface area contributed by atoms with E-state index in [-0.39, 0.29) is 5.56 Å². The molecule has 92 valence electrons. The van der Waals surface area contributed by atoms with Gasteiger partial charge in [0.25, 0.3) is 0 Å². The summed E-state index contributed by atoms with van der Waals surface area (Å²) in [6, 6.07) is 14.0. The Balaban J connectivity index is 1.97. The number of carboxylic acids is 1. The molecule has 2 aromatic rings. The Bertz CT molecular complexity index is 532. The summed E-state index contributed by atoms with van der Waals surface area (Å²) in [7, 11) is 0. The Kier molecular flexibility index (Phi) is 3.99. The van der Waals surface area contributed by atoms with Crippen LogP contribution in [-0.4, -0.2) is 5.97 Å². The molecule has 0 aliphatic rings. The van der Waals surface area contributed by atoms with Gasteiger partial charge in [-0.05, 0) is 35.4 Å². The molecule has 0 N–H and O–H groups in total. The Morgan fingerprint density at radius 1 is 1.06 bits per heavy atom. The number of aromatic carboxylic acids is 1. The normalized spacial score (nSPS) is 10.1. The molecule has 3 nitrogen and oxygen atoms in total. The number of carboxylic acid groups (broad SMARTS) is 1. The first-order chi connectivity index (χ1) is 8.65. The molecule has 0 saturated carbocycles. The van der Waals surface area contributed by atoms with Gasteiger partial charge in [0.1, 0.15) is 12.4 Å². The zero-order valence-electron chi connectivity index (χ0n) is 9.43. The molecule has 0 radical (unpaired) electrons. The second-order valence-electron chi connectivity index (χ2n) is 3.73. The molecule has 0 aliphatic heterocycles. The zero-order chi connectivity index (χ0) is 13.0. The number of benzene rings is 2. The molecule has 0 aromatic heterocycles. The van der Waals surface area contributed by atoms with Crippen molar-refractivity contribution in [2.75, 3.05) is 0 Å². The molecule has 0 atom stereocenters. The molecule has 0 aliphatic carbocycles. The topological polar surface area (TPSA) is 49.4 Å². The van der Waals surface area contributed by atoms with E-state index in [1.54, 1.807) is 12.1 Å². The summed E-state index contributed by atoms with van der Waals surface area (Å²) in [5.74, 6) is -0.405. The highest BCUT2D eigenvalue weighted by molar-refractivity contribution is 9.10. The van der Waals surface area contributed by atoms with Crippen molar-refractivity contribution in [2.24, 2.45) is 0 Å². The fourth-order valence-corrected chi connectivity index (χ4v) is 1.70. The van der Waals surface area contributed by atoms with Crippen molar-refractivity contribution < 1.29 is 14.6 Å². The first kappa shape index (κ1) is 12.6. The molecule has 0 heterocycles. The van der Waals surface area contributed by atoms with E-state index in [9.17, 15) is 9.90 Å². The lowest BCUT2D eigenvalue weighted by Crippen LogP contribution is -2.22. The van der Waals surface area contributed by atoms with E-state index < -0.39 is 5.97 Å². The number of carbonyl (C=O) groups excluding carboxylic acids is 1. The molecular formula is C14H10BrO3-. The van der Waals surface area contributed by atoms with Crippen molar-refractivity contribution in [3.05, 3.63) is 64.1 Å². The van der Waals surface area contributed by atoms with E-state index in [2.05, 4.69) is 15.9 Å². The maximum absolute atomic E-state index is 10.6. The van der Waals surface area contributed by atoms with E-state index in [4.69, 9.17) is 4.74 Å². The standard InChI is InChI=1S/C14H11BrO3/c15-12-5-7-13(8-6-12)18-9-10-1-3-11(4-2-10)14(16)17/h1-8H,9H2,(H,16,17)/p-1. The third-order valence-corrected chi connectivity index (χ3v) is 2.94. The van der Waals surface area contributed by atoms with Crippen molar-refractivity contribution in [1.29, 1.82) is 0 Å². The molecule has 4 heteroatoms. The predicted octanol–water partition coefficient (Wildman–Crippen LogP) is 2.39. The Labute approximate surface area is 113 Å². The smallest absolute Gasteiger partial charge is 0.119 e. The van der Waals surface area contributed by atoms with Crippen LogP contribution in [0.1, 0.15) is 15.9 Å². The fourth-order valence-electron chi connectivity index (χ4n) is 1.43. The van der Waals surface area contributed by atoms with E-state index >= 15 is 0 Å². The van der Waals surface area contributed by atoms with Crippen LogP contribution in [0.4, 0.5) is 0 Å². The molecule has 0 amide bonds. The zero-order valence-corrected chi connectivity index (χ0v) is 11.0. The summed E-state index contributed by atoms with van der Waals surface area (Å²) in [5, 5.41) is 10.6. The van der Waals surface area contributed by atoms with Gasteiger partial charge >= 0.3 is 0 Å². The first-order valence-electron chi connectivity index (χ1n) is 5.34. The van der Waals surface area contributed by atoms with Crippen molar-refractivity contribution in [3.63, 3.8) is 0 Å². The molecule has 0 bridgehead atoms. The third kappa shape index (κ3) is 3.34. The Morgan fingerprint density at radius 2 is 1.67 bits per heavy atom. The number of halogens is 1. The van der Waals surface area contributed by atoms with Gasteiger partial charge in [-0.25, -0.2) is 0 Å². The van der Waals surface area contributed by atoms with Crippen molar-refractivity contribution in [3.8, 4) is 5.75 Å². The van der Waals surface area contributed by atoms with E-state index in [1.807, 2.05) is 24.3 Å². The van der Waals surface area contributed by atoms with Gasteiger partial charge in [-0.2, -0.15) is 0 Å². The van der Waals surface area contributed by atoms with Crippen LogP contribution >= 0.6 is 15.9 Å². The Morgan fingerprint density at radius 3 is 2.22 bits per heavy atom. The fraction of sp³-hybridized carbons (Fsp3) is 0.0714. The molecule has 2 rings (SSSR count). The van der Waals surface area contributed by atoms with Gasteiger partial charge in [-0.15, -0.1) is 0 Å². The molecule has 0 saturated heterocycles. The number of hydrogen-bond acceptors (Lipinski definition) is 3. The molecule has 2 aromatic carbocycles. The van der Waals surface area contributed by atoms with Crippen LogP contribution in [0.25, 0.3) is 0 Å². The summed E-state index contributed by atoms with van der Waals surface area (Å²) >= 11 is 3.35. The van der Waals surface area contributed by atoms with Crippen LogP contribution < -0.4 is 9.84 Å². The minimum atomic E-state index is -1.17. The van der Waals surface area contributed by atoms with Gasteiger partial charge in [0.2, 0.25) is 0 Å². The summed E-state index contributed by atoms with van der Waals surface area (Å²) in [6.07, 6.45) is 0. The van der Waals surface area contributed by atoms with Gasteiger partial charge in [0.15, 0.2) is 0 Å². The largest absolute Gasteiger partial charge is 0.545 e.